The van der Waals surface area contributed by atoms with Gasteiger partial charge in [0.2, 0.25) is 5.91 Å². The maximum atomic E-state index is 12.7. The molecule has 34 heavy (non-hydrogen) atoms. The molecule has 3 aromatic rings. The first-order chi connectivity index (χ1) is 16.4. The highest BCUT2D eigenvalue weighted by Crippen LogP contribution is 2.25. The number of carbonyl (C=O) groups is 1. The van der Waals surface area contributed by atoms with Crippen LogP contribution in [0.5, 0.6) is 5.75 Å². The van der Waals surface area contributed by atoms with Crippen LogP contribution in [-0.2, 0) is 11.3 Å². The molecule has 4 rings (SSSR count). The Morgan fingerprint density at radius 3 is 2.56 bits per heavy atom. The summed E-state index contributed by atoms with van der Waals surface area (Å²) in [7, 11) is 2.15. The average Bonchev–Trinajstić information content (AvgIpc) is 3.19. The van der Waals surface area contributed by atoms with Crippen LogP contribution in [0.2, 0.25) is 0 Å². The molecule has 9 heteroatoms. The second-order valence-electron chi connectivity index (χ2n) is 8.55. The van der Waals surface area contributed by atoms with Crippen molar-refractivity contribution >= 4 is 29.5 Å². The highest BCUT2D eigenvalue weighted by molar-refractivity contribution is 7.71. The fraction of sp³-hybridized carbons (Fsp3) is 0.400. The lowest BCUT2D eigenvalue weighted by atomic mass is 10.1. The van der Waals surface area contributed by atoms with Gasteiger partial charge in [0.05, 0.1) is 6.61 Å². The summed E-state index contributed by atoms with van der Waals surface area (Å²) in [6, 6.07) is 13.8. The fourth-order valence-electron chi connectivity index (χ4n) is 4.18. The van der Waals surface area contributed by atoms with Gasteiger partial charge in [0.15, 0.2) is 10.6 Å². The molecule has 0 atom stereocenters. The number of carbonyl (C=O) groups excluding carboxylic acids is 1. The number of rotatable bonds is 8. The van der Waals surface area contributed by atoms with E-state index < -0.39 is 0 Å². The van der Waals surface area contributed by atoms with Crippen molar-refractivity contribution in [2.24, 2.45) is 0 Å². The van der Waals surface area contributed by atoms with Gasteiger partial charge in [-0.05, 0) is 81.1 Å². The number of piperazine rings is 1. The monoisotopic (exact) mass is 480 g/mol. The number of hydrogen-bond donors (Lipinski definition) is 2. The molecular weight excluding hydrogens is 448 g/mol. The Kier molecular flexibility index (Phi) is 7.64. The molecule has 180 valence electrons. The van der Waals surface area contributed by atoms with E-state index in [0.29, 0.717) is 23.7 Å². The molecule has 0 unspecified atom stereocenters. The summed E-state index contributed by atoms with van der Waals surface area (Å²) >= 11 is 5.40. The van der Waals surface area contributed by atoms with Gasteiger partial charge in [-0.2, -0.15) is 5.10 Å². The first kappa shape index (κ1) is 24.0. The lowest BCUT2D eigenvalue weighted by molar-refractivity contribution is -0.116. The molecule has 2 N–H and O–H groups in total. The predicted molar refractivity (Wildman–Crippen MR) is 138 cm³/mol. The zero-order valence-corrected chi connectivity index (χ0v) is 20.8. The number of amides is 1. The van der Waals surface area contributed by atoms with E-state index in [2.05, 4.69) is 45.4 Å². The van der Waals surface area contributed by atoms with Crippen molar-refractivity contribution in [2.45, 2.75) is 26.8 Å². The number of hydrogen-bond acceptors (Lipinski definition) is 6. The molecule has 0 spiro atoms. The molecular formula is C25H32N6O2S. The van der Waals surface area contributed by atoms with Crippen LogP contribution in [0.15, 0.2) is 42.5 Å². The number of aromatic amines is 1. The average molecular weight is 481 g/mol. The van der Waals surface area contributed by atoms with E-state index in [0.717, 1.165) is 48.7 Å². The third-order valence-corrected chi connectivity index (χ3v) is 6.38. The van der Waals surface area contributed by atoms with Gasteiger partial charge in [0, 0.05) is 56.1 Å². The van der Waals surface area contributed by atoms with E-state index in [1.165, 1.54) is 5.69 Å². The van der Waals surface area contributed by atoms with Crippen molar-refractivity contribution in [3.05, 3.63) is 52.8 Å². The summed E-state index contributed by atoms with van der Waals surface area (Å²) in [5, 5.41) is 10.2. The fourth-order valence-corrected chi connectivity index (χ4v) is 4.41. The van der Waals surface area contributed by atoms with Crippen molar-refractivity contribution in [2.75, 3.05) is 50.1 Å². The molecule has 1 fully saturated rings. The van der Waals surface area contributed by atoms with Crippen molar-refractivity contribution in [3.8, 4) is 17.1 Å². The molecule has 2 heterocycles. The lowest BCUT2D eigenvalue weighted by Crippen LogP contribution is -2.44. The maximum absolute atomic E-state index is 12.7. The normalized spacial score (nSPS) is 14.3. The summed E-state index contributed by atoms with van der Waals surface area (Å²) in [5.41, 5.74) is 4.11. The van der Waals surface area contributed by atoms with Crippen LogP contribution in [0.25, 0.3) is 11.4 Å². The van der Waals surface area contributed by atoms with Crippen molar-refractivity contribution in [1.82, 2.24) is 19.7 Å². The zero-order valence-electron chi connectivity index (χ0n) is 20.0. The van der Waals surface area contributed by atoms with Gasteiger partial charge in [-0.1, -0.05) is 0 Å². The number of anilines is 2. The Balaban J connectivity index is 1.38. The summed E-state index contributed by atoms with van der Waals surface area (Å²) < 4.78 is 7.85. The third-order valence-electron chi connectivity index (χ3n) is 6.07. The minimum absolute atomic E-state index is 0.0625. The number of nitrogens with zero attached hydrogens (tertiary/aromatic N) is 4. The molecule has 1 amide bonds. The Labute approximate surface area is 205 Å². The van der Waals surface area contributed by atoms with Crippen molar-refractivity contribution in [1.29, 1.82) is 0 Å². The molecule has 1 aromatic heterocycles. The van der Waals surface area contributed by atoms with E-state index in [4.69, 9.17) is 17.0 Å². The summed E-state index contributed by atoms with van der Waals surface area (Å²) in [6.07, 6.45) is 0.289. The Morgan fingerprint density at radius 1 is 1.15 bits per heavy atom. The van der Waals surface area contributed by atoms with Gasteiger partial charge in [0.1, 0.15) is 5.75 Å². The standard InChI is InChI=1S/C25H32N6O2S/c1-4-33-21-8-5-19(6-9-21)24-27-28-25(34)31(24)12-11-23(32)26-20-7-10-22(18(2)17-20)30-15-13-29(3)14-16-30/h5-10,17H,4,11-16H2,1-3H3,(H,26,32)(H,28,34). The van der Waals surface area contributed by atoms with E-state index in [1.54, 1.807) is 0 Å². The number of ether oxygens (including phenoxy) is 1. The number of nitrogens with one attached hydrogen (secondary N) is 2. The molecule has 1 aliphatic heterocycles. The second-order valence-corrected chi connectivity index (χ2v) is 8.94. The molecule has 0 bridgehead atoms. The summed E-state index contributed by atoms with van der Waals surface area (Å²) in [4.78, 5) is 17.4. The third kappa shape index (κ3) is 5.66. The van der Waals surface area contributed by atoms with Gasteiger partial charge in [-0.3, -0.25) is 14.5 Å². The van der Waals surface area contributed by atoms with E-state index in [-0.39, 0.29) is 12.3 Å². The smallest absolute Gasteiger partial charge is 0.226 e. The first-order valence-corrected chi connectivity index (χ1v) is 12.1. The first-order valence-electron chi connectivity index (χ1n) is 11.7. The molecule has 1 saturated heterocycles. The van der Waals surface area contributed by atoms with Crippen LogP contribution in [0.1, 0.15) is 18.9 Å². The minimum Gasteiger partial charge on any atom is -0.494 e. The van der Waals surface area contributed by atoms with E-state index in [1.807, 2.05) is 47.9 Å². The predicted octanol–water partition coefficient (Wildman–Crippen LogP) is 4.10. The van der Waals surface area contributed by atoms with Crippen LogP contribution < -0.4 is 15.0 Å². The van der Waals surface area contributed by atoms with Gasteiger partial charge >= 0.3 is 0 Å². The van der Waals surface area contributed by atoms with Gasteiger partial charge in [-0.15, -0.1) is 0 Å². The molecule has 1 aliphatic rings. The minimum atomic E-state index is -0.0625. The Hall–Kier alpha value is -3.17. The van der Waals surface area contributed by atoms with Gasteiger partial charge < -0.3 is 19.9 Å². The highest BCUT2D eigenvalue weighted by Gasteiger charge is 2.16. The van der Waals surface area contributed by atoms with Crippen LogP contribution in [-0.4, -0.2) is 65.4 Å². The Bertz CT molecular complexity index is 1180. The van der Waals surface area contributed by atoms with Crippen LogP contribution in [0, 0.1) is 11.7 Å². The van der Waals surface area contributed by atoms with Crippen LogP contribution in [0.4, 0.5) is 11.4 Å². The van der Waals surface area contributed by atoms with Crippen LogP contribution >= 0.6 is 12.2 Å². The lowest BCUT2D eigenvalue weighted by Gasteiger charge is -2.35. The number of benzene rings is 2. The molecule has 2 aromatic carbocycles. The molecule has 0 aliphatic carbocycles. The SMILES string of the molecule is CCOc1ccc(-c2n[nH]c(=S)n2CCC(=O)Nc2ccc(N3CCN(C)CC3)c(C)c2)cc1. The quantitative estimate of drug-likeness (QED) is 0.473. The number of aryl methyl sites for hydroxylation is 1. The molecule has 0 saturated carbocycles. The number of likely N-dealkylation sites (N-methyl/N-ethyl adjacent to an activating group) is 1. The summed E-state index contributed by atoms with van der Waals surface area (Å²) in [6.45, 7) is 9.26. The van der Waals surface area contributed by atoms with E-state index >= 15 is 0 Å². The maximum Gasteiger partial charge on any atom is 0.226 e. The van der Waals surface area contributed by atoms with Gasteiger partial charge in [-0.25, -0.2) is 0 Å². The number of H-pyrrole nitrogens is 1. The largest absolute Gasteiger partial charge is 0.494 e. The van der Waals surface area contributed by atoms with E-state index in [9.17, 15) is 4.79 Å². The Morgan fingerprint density at radius 2 is 1.88 bits per heavy atom. The molecule has 8 nitrogen and oxygen atoms in total. The highest BCUT2D eigenvalue weighted by atomic mass is 32.1. The topological polar surface area (TPSA) is 78.4 Å². The molecule has 0 radical (unpaired) electrons. The van der Waals surface area contributed by atoms with Crippen molar-refractivity contribution in [3.63, 3.8) is 0 Å². The zero-order chi connectivity index (χ0) is 24.1. The van der Waals surface area contributed by atoms with Gasteiger partial charge in [0.25, 0.3) is 0 Å². The number of aromatic nitrogens is 3. The summed E-state index contributed by atoms with van der Waals surface area (Å²) in [5.74, 6) is 1.45. The van der Waals surface area contributed by atoms with Crippen LogP contribution in [0.3, 0.4) is 0 Å². The van der Waals surface area contributed by atoms with Crippen molar-refractivity contribution < 1.29 is 9.53 Å². The second kappa shape index (κ2) is 10.8.